The van der Waals surface area contributed by atoms with Crippen molar-refractivity contribution in [3.05, 3.63) is 66.2 Å². The van der Waals surface area contributed by atoms with Crippen LogP contribution in [0, 0.1) is 0 Å². The van der Waals surface area contributed by atoms with Gasteiger partial charge in [0.05, 0.1) is 31.5 Å². The Balaban J connectivity index is 1.33. The Morgan fingerprint density at radius 3 is 2.47 bits per heavy atom. The van der Waals surface area contributed by atoms with Gasteiger partial charge in [0.15, 0.2) is 11.5 Å². The molecule has 1 aliphatic heterocycles. The summed E-state index contributed by atoms with van der Waals surface area (Å²) in [6, 6.07) is 9.91. The van der Waals surface area contributed by atoms with Gasteiger partial charge in [-0.05, 0) is 55.4 Å². The molecular formula is C28H29N5O3. The zero-order chi connectivity index (χ0) is 24.7. The lowest BCUT2D eigenvalue weighted by Crippen LogP contribution is -2.43. The van der Waals surface area contributed by atoms with Gasteiger partial charge in [0, 0.05) is 59.8 Å². The average molecular weight is 484 g/mol. The second-order valence-corrected chi connectivity index (χ2v) is 9.65. The van der Waals surface area contributed by atoms with Gasteiger partial charge < -0.3 is 19.5 Å². The molecule has 2 aliphatic rings. The predicted molar refractivity (Wildman–Crippen MR) is 137 cm³/mol. The van der Waals surface area contributed by atoms with Crippen LogP contribution in [-0.2, 0) is 5.60 Å². The molecule has 0 spiro atoms. The summed E-state index contributed by atoms with van der Waals surface area (Å²) >= 11 is 0. The molecule has 1 saturated carbocycles. The predicted octanol–water partition coefficient (Wildman–Crippen LogP) is 4.47. The number of aliphatic hydroxyl groups is 1. The normalized spacial score (nSPS) is 17.2. The number of benzene rings is 1. The number of anilines is 1. The topological polar surface area (TPSA) is 93.5 Å². The van der Waals surface area contributed by atoms with E-state index in [-0.39, 0.29) is 0 Å². The van der Waals surface area contributed by atoms with E-state index in [9.17, 15) is 5.11 Å². The zero-order valence-corrected chi connectivity index (χ0v) is 20.5. The lowest BCUT2D eigenvalue weighted by atomic mass is 9.85. The van der Waals surface area contributed by atoms with Crippen molar-refractivity contribution < 1.29 is 14.6 Å². The first kappa shape index (κ1) is 22.7. The van der Waals surface area contributed by atoms with Crippen molar-refractivity contribution in [2.45, 2.75) is 37.2 Å². The van der Waals surface area contributed by atoms with E-state index in [2.05, 4.69) is 26.1 Å². The van der Waals surface area contributed by atoms with Crippen LogP contribution in [0.5, 0.6) is 11.5 Å². The number of fused-ring (bicyclic) bond motifs is 1. The van der Waals surface area contributed by atoms with Crippen molar-refractivity contribution in [1.82, 2.24) is 20.2 Å². The van der Waals surface area contributed by atoms with Gasteiger partial charge in [-0.15, -0.1) is 0 Å². The minimum atomic E-state index is -0.841. The lowest BCUT2D eigenvalue weighted by molar-refractivity contribution is 0.0113. The first-order valence-electron chi connectivity index (χ1n) is 12.4. The number of hydrogen-bond acceptors (Lipinski definition) is 8. The maximum atomic E-state index is 11.3. The highest BCUT2D eigenvalue weighted by Gasteiger charge is 2.36. The van der Waals surface area contributed by atoms with E-state index in [0.29, 0.717) is 30.3 Å². The van der Waals surface area contributed by atoms with Gasteiger partial charge in [-0.3, -0.25) is 4.98 Å². The number of aromatic nitrogens is 4. The molecular weight excluding hydrogens is 454 g/mol. The molecule has 0 radical (unpaired) electrons. The van der Waals surface area contributed by atoms with E-state index in [1.807, 2.05) is 30.5 Å². The van der Waals surface area contributed by atoms with Crippen molar-refractivity contribution in [3.63, 3.8) is 0 Å². The van der Waals surface area contributed by atoms with E-state index in [0.717, 1.165) is 46.5 Å². The third-order valence-electron chi connectivity index (χ3n) is 7.46. The smallest absolute Gasteiger partial charge is 0.162 e. The van der Waals surface area contributed by atoms with Gasteiger partial charge in [0.2, 0.25) is 0 Å². The third-order valence-corrected chi connectivity index (χ3v) is 7.46. The van der Waals surface area contributed by atoms with Crippen molar-refractivity contribution in [2.75, 3.05) is 32.2 Å². The highest BCUT2D eigenvalue weighted by molar-refractivity contribution is 5.95. The molecule has 8 nitrogen and oxygen atoms in total. The van der Waals surface area contributed by atoms with Crippen LogP contribution < -0.4 is 14.4 Å². The molecule has 3 aromatic heterocycles. The number of ether oxygens (including phenoxy) is 2. The van der Waals surface area contributed by atoms with E-state index < -0.39 is 5.60 Å². The Morgan fingerprint density at radius 2 is 1.78 bits per heavy atom. The van der Waals surface area contributed by atoms with E-state index >= 15 is 0 Å². The molecule has 36 heavy (non-hydrogen) atoms. The van der Waals surface area contributed by atoms with E-state index in [4.69, 9.17) is 14.5 Å². The standard InChI is InChI=1S/C28H29N5O3/c1-35-25-13-22-23(17-31-32-24(22)14-26(25)36-2)19-12-21(18-5-6-18)27(30-15-19)33-10-7-28(34,8-11-33)20-4-3-9-29-16-20/h3-4,9,12-18,34H,5-8,10-11H2,1-2H3. The minimum absolute atomic E-state index is 0.516. The summed E-state index contributed by atoms with van der Waals surface area (Å²) in [4.78, 5) is 11.5. The Bertz CT molecular complexity index is 1400. The second kappa shape index (κ2) is 9.02. The van der Waals surface area contributed by atoms with E-state index in [1.54, 1.807) is 32.8 Å². The first-order valence-corrected chi connectivity index (χ1v) is 12.4. The van der Waals surface area contributed by atoms with Crippen LogP contribution in [0.15, 0.2) is 55.1 Å². The fourth-order valence-electron chi connectivity index (χ4n) is 5.21. The molecule has 0 atom stereocenters. The van der Waals surface area contributed by atoms with Gasteiger partial charge in [-0.2, -0.15) is 10.2 Å². The summed E-state index contributed by atoms with van der Waals surface area (Å²) in [5, 5.41) is 20.8. The first-order chi connectivity index (χ1) is 17.6. The van der Waals surface area contributed by atoms with Crippen LogP contribution in [0.1, 0.15) is 42.7 Å². The summed E-state index contributed by atoms with van der Waals surface area (Å²) in [5.41, 5.74) is 4.03. The summed E-state index contributed by atoms with van der Waals surface area (Å²) in [7, 11) is 3.25. The SMILES string of the molecule is COc1cc2nncc(-c3cnc(N4CCC(O)(c5cccnc5)CC4)c(C4CC4)c3)c2cc1OC. The lowest BCUT2D eigenvalue weighted by Gasteiger charge is -2.39. The number of piperidine rings is 1. The van der Waals surface area contributed by atoms with Crippen LogP contribution in [0.4, 0.5) is 5.82 Å². The van der Waals surface area contributed by atoms with Crippen LogP contribution >= 0.6 is 0 Å². The molecule has 1 N–H and O–H groups in total. The van der Waals surface area contributed by atoms with Crippen molar-refractivity contribution >= 4 is 16.7 Å². The quantitative estimate of drug-likeness (QED) is 0.429. The minimum Gasteiger partial charge on any atom is -0.493 e. The molecule has 4 heterocycles. The van der Waals surface area contributed by atoms with Crippen LogP contribution in [0.25, 0.3) is 22.0 Å². The number of hydrogen-bond donors (Lipinski definition) is 1. The highest BCUT2D eigenvalue weighted by Crippen LogP contribution is 2.46. The Kier molecular flexibility index (Phi) is 5.68. The molecule has 2 fully saturated rings. The van der Waals surface area contributed by atoms with Gasteiger partial charge in [-0.25, -0.2) is 4.98 Å². The number of pyridine rings is 2. The molecule has 4 aromatic rings. The van der Waals surface area contributed by atoms with E-state index in [1.165, 1.54) is 18.4 Å². The van der Waals surface area contributed by atoms with Crippen LogP contribution in [0.3, 0.4) is 0 Å². The van der Waals surface area contributed by atoms with Gasteiger partial charge >= 0.3 is 0 Å². The Hall–Kier alpha value is -3.78. The molecule has 1 aromatic carbocycles. The maximum Gasteiger partial charge on any atom is 0.162 e. The summed E-state index contributed by atoms with van der Waals surface area (Å²) in [6.07, 6.45) is 10.9. The number of nitrogens with zero attached hydrogens (tertiary/aromatic N) is 5. The Labute approximate surface area is 209 Å². The summed E-state index contributed by atoms with van der Waals surface area (Å²) < 4.78 is 11.0. The summed E-state index contributed by atoms with van der Waals surface area (Å²) in [6.45, 7) is 1.49. The third kappa shape index (κ3) is 4.01. The Morgan fingerprint density at radius 1 is 1.00 bits per heavy atom. The van der Waals surface area contributed by atoms with Crippen molar-refractivity contribution in [2.24, 2.45) is 0 Å². The molecule has 1 aliphatic carbocycles. The molecule has 0 unspecified atom stereocenters. The van der Waals surface area contributed by atoms with Crippen LogP contribution in [0.2, 0.25) is 0 Å². The van der Waals surface area contributed by atoms with Crippen molar-refractivity contribution in [3.8, 4) is 22.6 Å². The fourth-order valence-corrected chi connectivity index (χ4v) is 5.21. The zero-order valence-electron chi connectivity index (χ0n) is 20.5. The fraction of sp³-hybridized carbons (Fsp3) is 0.357. The maximum absolute atomic E-state index is 11.3. The second-order valence-electron chi connectivity index (χ2n) is 9.65. The number of methoxy groups -OCH3 is 2. The molecule has 8 heteroatoms. The molecule has 6 rings (SSSR count). The number of rotatable bonds is 6. The monoisotopic (exact) mass is 483 g/mol. The molecule has 0 amide bonds. The highest BCUT2D eigenvalue weighted by atomic mass is 16.5. The van der Waals surface area contributed by atoms with Crippen molar-refractivity contribution in [1.29, 1.82) is 0 Å². The van der Waals surface area contributed by atoms with Gasteiger partial charge in [0.25, 0.3) is 0 Å². The molecule has 184 valence electrons. The average Bonchev–Trinajstić information content (AvgIpc) is 3.78. The molecule has 0 bridgehead atoms. The largest absolute Gasteiger partial charge is 0.493 e. The van der Waals surface area contributed by atoms with Gasteiger partial charge in [0.1, 0.15) is 5.82 Å². The van der Waals surface area contributed by atoms with Crippen LogP contribution in [-0.4, -0.2) is 52.6 Å². The summed E-state index contributed by atoms with van der Waals surface area (Å²) in [5.74, 6) is 2.82. The van der Waals surface area contributed by atoms with Gasteiger partial charge in [-0.1, -0.05) is 6.07 Å². The molecule has 1 saturated heterocycles.